The molecule has 2 aromatic rings. The number of nitrogen functional groups attached to an aromatic ring is 1. The zero-order valence-electron chi connectivity index (χ0n) is 9.77. The van der Waals surface area contributed by atoms with Crippen molar-refractivity contribution in [2.75, 3.05) is 11.1 Å². The lowest BCUT2D eigenvalue weighted by atomic mass is 10.1. The van der Waals surface area contributed by atoms with Gasteiger partial charge in [0, 0.05) is 10.6 Å². The topological polar surface area (TPSA) is 68.0 Å². The Morgan fingerprint density at radius 3 is 2.72 bits per heavy atom. The maximum Gasteiger partial charge on any atom is 0.256 e. The number of halogens is 1. The van der Waals surface area contributed by atoms with E-state index in [4.69, 9.17) is 17.3 Å². The van der Waals surface area contributed by atoms with E-state index < -0.39 is 0 Å². The van der Waals surface area contributed by atoms with Crippen molar-refractivity contribution in [1.82, 2.24) is 4.98 Å². The summed E-state index contributed by atoms with van der Waals surface area (Å²) in [4.78, 5) is 15.9. The summed E-state index contributed by atoms with van der Waals surface area (Å²) >= 11 is 5.97. The normalized spacial score (nSPS) is 10.1. The molecule has 0 unspecified atom stereocenters. The van der Waals surface area contributed by atoms with Gasteiger partial charge in [0.2, 0.25) is 0 Å². The number of aryl methyl sites for hydroxylation is 1. The predicted octanol–water partition coefficient (Wildman–Crippen LogP) is 2.88. The van der Waals surface area contributed by atoms with E-state index in [1.54, 1.807) is 30.3 Å². The Hall–Kier alpha value is -2.07. The van der Waals surface area contributed by atoms with Gasteiger partial charge in [-0.05, 0) is 36.8 Å². The minimum absolute atomic E-state index is 0.255. The molecule has 3 N–H and O–H groups in total. The van der Waals surface area contributed by atoms with E-state index in [0.29, 0.717) is 22.1 Å². The summed E-state index contributed by atoms with van der Waals surface area (Å²) in [6, 6.07) is 8.46. The molecule has 0 aliphatic carbocycles. The van der Waals surface area contributed by atoms with Gasteiger partial charge in [0.1, 0.15) is 5.82 Å². The maximum atomic E-state index is 11.9. The third-order valence-electron chi connectivity index (χ3n) is 2.46. The fourth-order valence-corrected chi connectivity index (χ4v) is 1.58. The first-order valence-corrected chi connectivity index (χ1v) is 5.73. The van der Waals surface area contributed by atoms with Crippen molar-refractivity contribution in [2.45, 2.75) is 6.92 Å². The van der Waals surface area contributed by atoms with Crippen molar-refractivity contribution >= 4 is 29.0 Å². The van der Waals surface area contributed by atoms with Gasteiger partial charge in [-0.1, -0.05) is 17.7 Å². The minimum atomic E-state index is -0.255. The van der Waals surface area contributed by atoms with Crippen LogP contribution >= 0.6 is 11.6 Å². The molecule has 2 rings (SSSR count). The van der Waals surface area contributed by atoms with Gasteiger partial charge in [0.15, 0.2) is 0 Å². The molecular weight excluding hydrogens is 250 g/mol. The number of nitrogens with two attached hydrogens (primary N) is 1. The Balaban J connectivity index is 2.16. The zero-order chi connectivity index (χ0) is 13.1. The molecule has 1 aromatic heterocycles. The maximum absolute atomic E-state index is 11.9. The average Bonchev–Trinajstić information content (AvgIpc) is 2.35. The number of amides is 1. The molecule has 0 saturated carbocycles. The highest BCUT2D eigenvalue weighted by atomic mass is 35.5. The SMILES string of the molecule is Cc1ccc(C(=O)Nc2ccc(N)cn2)cc1Cl. The van der Waals surface area contributed by atoms with Gasteiger partial charge in [-0.15, -0.1) is 0 Å². The number of nitrogens with one attached hydrogen (secondary N) is 1. The van der Waals surface area contributed by atoms with Gasteiger partial charge in [-0.2, -0.15) is 0 Å². The van der Waals surface area contributed by atoms with E-state index in [1.807, 2.05) is 6.92 Å². The van der Waals surface area contributed by atoms with E-state index in [1.165, 1.54) is 6.20 Å². The van der Waals surface area contributed by atoms with Crippen LogP contribution in [-0.4, -0.2) is 10.9 Å². The Morgan fingerprint density at radius 1 is 1.33 bits per heavy atom. The fraction of sp³-hybridized carbons (Fsp3) is 0.0769. The molecule has 18 heavy (non-hydrogen) atoms. The molecule has 0 radical (unpaired) electrons. The second-order valence-corrected chi connectivity index (χ2v) is 4.30. The second kappa shape index (κ2) is 5.06. The van der Waals surface area contributed by atoms with Crippen LogP contribution in [0.1, 0.15) is 15.9 Å². The molecule has 0 fully saturated rings. The zero-order valence-corrected chi connectivity index (χ0v) is 10.5. The summed E-state index contributed by atoms with van der Waals surface area (Å²) in [5, 5.41) is 3.23. The molecule has 1 aromatic carbocycles. The van der Waals surface area contributed by atoms with Crippen molar-refractivity contribution in [3.63, 3.8) is 0 Å². The number of benzene rings is 1. The number of nitrogens with zero attached hydrogens (tertiary/aromatic N) is 1. The Morgan fingerprint density at radius 2 is 2.11 bits per heavy atom. The van der Waals surface area contributed by atoms with Crippen molar-refractivity contribution < 1.29 is 4.79 Å². The molecule has 1 amide bonds. The van der Waals surface area contributed by atoms with Crippen molar-refractivity contribution in [3.05, 3.63) is 52.7 Å². The van der Waals surface area contributed by atoms with Gasteiger partial charge in [-0.25, -0.2) is 4.98 Å². The highest BCUT2D eigenvalue weighted by Gasteiger charge is 2.08. The summed E-state index contributed by atoms with van der Waals surface area (Å²) in [6.45, 7) is 1.88. The lowest BCUT2D eigenvalue weighted by Gasteiger charge is -2.06. The number of rotatable bonds is 2. The smallest absolute Gasteiger partial charge is 0.256 e. The minimum Gasteiger partial charge on any atom is -0.397 e. The summed E-state index contributed by atoms with van der Waals surface area (Å²) < 4.78 is 0. The second-order valence-electron chi connectivity index (χ2n) is 3.89. The number of hydrogen-bond donors (Lipinski definition) is 2. The van der Waals surface area contributed by atoms with Crippen LogP contribution in [0.25, 0.3) is 0 Å². The molecule has 1 heterocycles. The van der Waals surface area contributed by atoms with Crippen molar-refractivity contribution in [1.29, 1.82) is 0 Å². The van der Waals surface area contributed by atoms with Crippen molar-refractivity contribution in [2.24, 2.45) is 0 Å². The molecule has 0 atom stereocenters. The number of carbonyl (C=O) groups excluding carboxylic acids is 1. The van der Waals surface area contributed by atoms with Gasteiger partial charge >= 0.3 is 0 Å². The van der Waals surface area contributed by atoms with E-state index in [0.717, 1.165) is 5.56 Å². The average molecular weight is 262 g/mol. The van der Waals surface area contributed by atoms with Crippen LogP contribution in [-0.2, 0) is 0 Å². The molecule has 0 spiro atoms. The van der Waals surface area contributed by atoms with E-state index in [2.05, 4.69) is 10.3 Å². The largest absolute Gasteiger partial charge is 0.397 e. The van der Waals surface area contributed by atoms with Crippen molar-refractivity contribution in [3.8, 4) is 0 Å². The first kappa shape index (κ1) is 12.4. The first-order chi connectivity index (χ1) is 8.56. The van der Waals surface area contributed by atoms with Gasteiger partial charge in [0.25, 0.3) is 5.91 Å². The standard InChI is InChI=1S/C13H12ClN3O/c1-8-2-3-9(6-11(8)14)13(18)17-12-5-4-10(15)7-16-12/h2-7H,15H2,1H3,(H,16,17,18). The third-order valence-corrected chi connectivity index (χ3v) is 2.87. The number of anilines is 2. The molecule has 0 aliphatic heterocycles. The summed E-state index contributed by atoms with van der Waals surface area (Å²) in [7, 11) is 0. The Bertz CT molecular complexity index is 581. The van der Waals surface area contributed by atoms with Gasteiger partial charge < -0.3 is 11.1 Å². The molecule has 0 bridgehead atoms. The molecule has 92 valence electrons. The van der Waals surface area contributed by atoms with E-state index in [9.17, 15) is 4.79 Å². The van der Waals surface area contributed by atoms with E-state index >= 15 is 0 Å². The third kappa shape index (κ3) is 2.78. The van der Waals surface area contributed by atoms with Gasteiger partial charge in [-0.3, -0.25) is 4.79 Å². The van der Waals surface area contributed by atoms with Crippen LogP contribution in [0.3, 0.4) is 0 Å². The predicted molar refractivity (Wildman–Crippen MR) is 72.8 cm³/mol. The monoisotopic (exact) mass is 261 g/mol. The van der Waals surface area contributed by atoms with Crippen LogP contribution in [0.15, 0.2) is 36.5 Å². The molecule has 0 saturated heterocycles. The molecular formula is C13H12ClN3O. The van der Waals surface area contributed by atoms with E-state index in [-0.39, 0.29) is 5.91 Å². The quantitative estimate of drug-likeness (QED) is 0.873. The Kier molecular flexibility index (Phi) is 3.48. The lowest BCUT2D eigenvalue weighted by molar-refractivity contribution is 0.102. The lowest BCUT2D eigenvalue weighted by Crippen LogP contribution is -2.13. The van der Waals surface area contributed by atoms with Crippen LogP contribution in [0.5, 0.6) is 0 Å². The first-order valence-electron chi connectivity index (χ1n) is 5.35. The fourth-order valence-electron chi connectivity index (χ4n) is 1.40. The Labute approximate surface area is 110 Å². The summed E-state index contributed by atoms with van der Waals surface area (Å²) in [5.74, 6) is 0.195. The number of pyridine rings is 1. The number of aromatic nitrogens is 1. The highest BCUT2D eigenvalue weighted by molar-refractivity contribution is 6.31. The van der Waals surface area contributed by atoms with Crippen LogP contribution in [0, 0.1) is 6.92 Å². The van der Waals surface area contributed by atoms with Gasteiger partial charge in [0.05, 0.1) is 11.9 Å². The molecule has 5 heteroatoms. The van der Waals surface area contributed by atoms with Crippen LogP contribution in [0.4, 0.5) is 11.5 Å². The summed E-state index contributed by atoms with van der Waals surface area (Å²) in [5.41, 5.74) is 7.48. The van der Waals surface area contributed by atoms with Crippen LogP contribution < -0.4 is 11.1 Å². The highest BCUT2D eigenvalue weighted by Crippen LogP contribution is 2.17. The number of hydrogen-bond acceptors (Lipinski definition) is 3. The summed E-state index contributed by atoms with van der Waals surface area (Å²) in [6.07, 6.45) is 1.48. The van der Waals surface area contributed by atoms with Crippen LogP contribution in [0.2, 0.25) is 5.02 Å². The molecule has 0 aliphatic rings. The number of carbonyl (C=O) groups is 1. The molecule has 4 nitrogen and oxygen atoms in total.